The Hall–Kier alpha value is -1.29. The van der Waals surface area contributed by atoms with Crippen LogP contribution in [0.15, 0.2) is 4.99 Å². The molecule has 98 valence electrons. The number of nitrogens with zero attached hydrogens (tertiary/aromatic N) is 1. The number of amides is 1. The summed E-state index contributed by atoms with van der Waals surface area (Å²) in [5, 5.41) is 7.09. The monoisotopic (exact) mass is 281 g/mol. The third-order valence-corrected chi connectivity index (χ3v) is 4.21. The minimum absolute atomic E-state index is 0.150. The standard InChI is InChI=1S/C7H15N5O3S2/c8-5(13)1-3-17(14,15)4-2-16-7(11)12-6(9)10/h1-4H2,(H2,8,13)(H5,9,10,11,12). The molecule has 0 fully saturated rings. The van der Waals surface area contributed by atoms with Crippen LogP contribution in [0.5, 0.6) is 0 Å². The van der Waals surface area contributed by atoms with E-state index in [1.165, 1.54) is 0 Å². The molecule has 8 nitrogen and oxygen atoms in total. The van der Waals surface area contributed by atoms with Crippen LogP contribution in [0.1, 0.15) is 6.42 Å². The first-order valence-corrected chi connectivity index (χ1v) is 7.33. The highest BCUT2D eigenvalue weighted by Gasteiger charge is 2.12. The summed E-state index contributed by atoms with van der Waals surface area (Å²) >= 11 is 0.906. The topological polar surface area (TPSA) is 165 Å². The summed E-state index contributed by atoms with van der Waals surface area (Å²) in [6.07, 6.45) is -0.196. The zero-order valence-electron chi connectivity index (χ0n) is 9.05. The zero-order valence-corrected chi connectivity index (χ0v) is 10.7. The first-order chi connectivity index (χ1) is 7.73. The first-order valence-electron chi connectivity index (χ1n) is 4.52. The molecule has 1 amide bonds. The Morgan fingerprint density at radius 3 is 2.29 bits per heavy atom. The SMILES string of the molecule is N=C(N=C(N)N)SCCS(=O)(=O)CCC(N)=O. The number of amidine groups is 1. The lowest BCUT2D eigenvalue weighted by atomic mass is 10.5. The van der Waals surface area contributed by atoms with Crippen LogP contribution in [0.2, 0.25) is 0 Å². The highest BCUT2D eigenvalue weighted by atomic mass is 32.2. The highest BCUT2D eigenvalue weighted by molar-refractivity contribution is 8.14. The summed E-state index contributed by atoms with van der Waals surface area (Å²) < 4.78 is 22.7. The van der Waals surface area contributed by atoms with Gasteiger partial charge < -0.3 is 17.2 Å². The summed E-state index contributed by atoms with van der Waals surface area (Å²) in [7, 11) is -3.33. The summed E-state index contributed by atoms with van der Waals surface area (Å²) in [5.74, 6) is -1.20. The van der Waals surface area contributed by atoms with Gasteiger partial charge in [-0.3, -0.25) is 10.2 Å². The van der Waals surface area contributed by atoms with Gasteiger partial charge >= 0.3 is 0 Å². The van der Waals surface area contributed by atoms with E-state index in [0.29, 0.717) is 0 Å². The van der Waals surface area contributed by atoms with Gasteiger partial charge in [-0.15, -0.1) is 0 Å². The molecule has 0 radical (unpaired) electrons. The van der Waals surface area contributed by atoms with Crippen LogP contribution >= 0.6 is 11.8 Å². The fraction of sp³-hybridized carbons (Fsp3) is 0.571. The fourth-order valence-corrected chi connectivity index (χ4v) is 3.20. The van der Waals surface area contributed by atoms with Crippen molar-refractivity contribution < 1.29 is 13.2 Å². The lowest BCUT2D eigenvalue weighted by Crippen LogP contribution is -2.24. The molecule has 0 atom stereocenters. The van der Waals surface area contributed by atoms with Crippen molar-refractivity contribution in [1.29, 1.82) is 5.41 Å². The maximum Gasteiger partial charge on any atom is 0.218 e. The minimum atomic E-state index is -3.33. The number of primary amides is 1. The van der Waals surface area contributed by atoms with Gasteiger partial charge in [-0.25, -0.2) is 8.42 Å². The third-order valence-electron chi connectivity index (χ3n) is 1.52. The third kappa shape index (κ3) is 9.63. The number of carbonyl (C=O) groups excluding carboxylic acids is 1. The number of nitrogens with two attached hydrogens (primary N) is 3. The maximum absolute atomic E-state index is 11.4. The highest BCUT2D eigenvalue weighted by Crippen LogP contribution is 2.05. The number of aliphatic imine (C=N–C) groups is 1. The van der Waals surface area contributed by atoms with E-state index in [4.69, 9.17) is 22.6 Å². The second kappa shape index (κ2) is 7.12. The Morgan fingerprint density at radius 2 is 1.82 bits per heavy atom. The van der Waals surface area contributed by atoms with Gasteiger partial charge in [0.25, 0.3) is 0 Å². The van der Waals surface area contributed by atoms with Gasteiger partial charge in [0.2, 0.25) is 5.91 Å². The molecule has 0 saturated carbocycles. The molecule has 17 heavy (non-hydrogen) atoms. The molecular weight excluding hydrogens is 266 g/mol. The van der Waals surface area contributed by atoms with E-state index in [-0.39, 0.29) is 34.8 Å². The maximum atomic E-state index is 11.4. The number of rotatable bonds is 6. The van der Waals surface area contributed by atoms with E-state index in [9.17, 15) is 13.2 Å². The van der Waals surface area contributed by atoms with Gasteiger partial charge in [0, 0.05) is 12.2 Å². The second-order valence-electron chi connectivity index (χ2n) is 3.06. The number of sulfone groups is 1. The Morgan fingerprint density at radius 1 is 1.24 bits per heavy atom. The second-order valence-corrected chi connectivity index (χ2v) is 6.45. The van der Waals surface area contributed by atoms with Gasteiger partial charge in [0.1, 0.15) is 0 Å². The molecule has 10 heteroatoms. The van der Waals surface area contributed by atoms with Crippen LogP contribution in [0, 0.1) is 5.41 Å². The number of nitrogens with one attached hydrogen (secondary N) is 1. The average molecular weight is 281 g/mol. The Kier molecular flexibility index (Phi) is 6.58. The lowest BCUT2D eigenvalue weighted by Gasteiger charge is -2.02. The average Bonchev–Trinajstić information content (AvgIpc) is 2.13. The van der Waals surface area contributed by atoms with E-state index >= 15 is 0 Å². The van der Waals surface area contributed by atoms with Crippen LogP contribution in [0.3, 0.4) is 0 Å². The molecule has 0 aromatic rings. The number of thioether (sulfide) groups is 1. The number of carbonyl (C=O) groups is 1. The molecule has 0 aromatic heterocycles. The van der Waals surface area contributed by atoms with Crippen LogP contribution in [-0.4, -0.2) is 42.7 Å². The molecule has 0 spiro atoms. The summed E-state index contributed by atoms with van der Waals surface area (Å²) in [6.45, 7) is 0. The number of guanidine groups is 1. The van der Waals surface area contributed by atoms with Crippen molar-refractivity contribution in [2.75, 3.05) is 17.3 Å². The van der Waals surface area contributed by atoms with Crippen LogP contribution in [-0.2, 0) is 14.6 Å². The van der Waals surface area contributed by atoms with Crippen molar-refractivity contribution in [3.8, 4) is 0 Å². The van der Waals surface area contributed by atoms with Gasteiger partial charge in [-0.05, 0) is 0 Å². The number of hydrogen-bond acceptors (Lipinski definition) is 5. The smallest absolute Gasteiger partial charge is 0.218 e. The predicted octanol–water partition coefficient (Wildman–Crippen LogP) is -1.78. The molecule has 0 aromatic carbocycles. The van der Waals surface area contributed by atoms with Crippen molar-refractivity contribution >= 4 is 38.6 Å². The van der Waals surface area contributed by atoms with Gasteiger partial charge in [0.05, 0.1) is 11.5 Å². The Bertz CT molecular complexity index is 413. The summed E-state index contributed by atoms with van der Waals surface area (Å²) in [4.78, 5) is 13.8. The van der Waals surface area contributed by atoms with Crippen LogP contribution < -0.4 is 17.2 Å². The Balaban J connectivity index is 4.00. The van der Waals surface area contributed by atoms with Crippen molar-refractivity contribution in [2.45, 2.75) is 6.42 Å². The first kappa shape index (κ1) is 15.7. The van der Waals surface area contributed by atoms with Crippen molar-refractivity contribution in [3.05, 3.63) is 0 Å². The predicted molar refractivity (Wildman–Crippen MR) is 68.5 cm³/mol. The molecule has 0 heterocycles. The molecular formula is C7H15N5O3S2. The molecule has 0 rings (SSSR count). The minimum Gasteiger partial charge on any atom is -0.370 e. The summed E-state index contributed by atoms with van der Waals surface area (Å²) in [5.41, 5.74) is 14.9. The van der Waals surface area contributed by atoms with Crippen molar-refractivity contribution in [2.24, 2.45) is 22.2 Å². The molecule has 0 aliphatic rings. The van der Waals surface area contributed by atoms with Gasteiger partial charge in [-0.2, -0.15) is 4.99 Å². The largest absolute Gasteiger partial charge is 0.370 e. The van der Waals surface area contributed by atoms with E-state index in [0.717, 1.165) is 11.8 Å². The fourth-order valence-electron chi connectivity index (χ4n) is 0.773. The molecule has 0 aliphatic heterocycles. The molecule has 7 N–H and O–H groups in total. The Labute approximate surface area is 103 Å². The quantitative estimate of drug-likeness (QED) is 0.331. The van der Waals surface area contributed by atoms with E-state index in [1.54, 1.807) is 0 Å². The van der Waals surface area contributed by atoms with E-state index < -0.39 is 15.7 Å². The lowest BCUT2D eigenvalue weighted by molar-refractivity contribution is -0.117. The van der Waals surface area contributed by atoms with Gasteiger partial charge in [0.15, 0.2) is 21.0 Å². The zero-order chi connectivity index (χ0) is 13.5. The van der Waals surface area contributed by atoms with Gasteiger partial charge in [-0.1, -0.05) is 11.8 Å². The van der Waals surface area contributed by atoms with Crippen LogP contribution in [0.25, 0.3) is 0 Å². The molecule has 0 saturated heterocycles. The van der Waals surface area contributed by atoms with E-state index in [1.807, 2.05) is 0 Å². The molecule has 0 bridgehead atoms. The number of hydrogen-bond donors (Lipinski definition) is 4. The van der Waals surface area contributed by atoms with Crippen molar-refractivity contribution in [1.82, 2.24) is 0 Å². The normalized spacial score (nSPS) is 10.8. The van der Waals surface area contributed by atoms with Crippen LogP contribution in [0.4, 0.5) is 0 Å². The van der Waals surface area contributed by atoms with E-state index in [2.05, 4.69) is 4.99 Å². The summed E-state index contributed by atoms with van der Waals surface area (Å²) in [6, 6.07) is 0. The molecule has 0 unspecified atom stereocenters. The molecule has 0 aliphatic carbocycles. The van der Waals surface area contributed by atoms with Crippen molar-refractivity contribution in [3.63, 3.8) is 0 Å².